The summed E-state index contributed by atoms with van der Waals surface area (Å²) in [5, 5.41) is 6.03. The molecule has 1 aliphatic heterocycles. The number of pyridine rings is 1. The van der Waals surface area contributed by atoms with Gasteiger partial charge in [-0.05, 0) is 62.5 Å². The highest BCUT2D eigenvalue weighted by molar-refractivity contribution is 6.04. The van der Waals surface area contributed by atoms with Gasteiger partial charge in [0.2, 0.25) is 5.91 Å². The largest absolute Gasteiger partial charge is 0.353 e. The van der Waals surface area contributed by atoms with Crippen molar-refractivity contribution in [2.24, 2.45) is 5.92 Å². The van der Waals surface area contributed by atoms with Gasteiger partial charge in [0.25, 0.3) is 5.91 Å². The molecule has 1 saturated carbocycles. The average molecular weight is 425 g/mol. The molecule has 1 aromatic carbocycles. The van der Waals surface area contributed by atoms with Crippen LogP contribution in [0.25, 0.3) is 0 Å². The number of hydrogen-bond acceptors (Lipinski definition) is 4. The zero-order chi connectivity index (χ0) is 21.6. The van der Waals surface area contributed by atoms with Crippen molar-refractivity contribution >= 4 is 17.5 Å². The number of anilines is 1. The minimum atomic E-state index is -0.540. The number of piperidine rings is 1. The van der Waals surface area contributed by atoms with E-state index < -0.39 is 11.7 Å². The van der Waals surface area contributed by atoms with Crippen molar-refractivity contribution in [3.8, 4) is 0 Å². The van der Waals surface area contributed by atoms with Crippen molar-refractivity contribution in [3.05, 3.63) is 59.7 Å². The lowest BCUT2D eigenvalue weighted by molar-refractivity contribution is -0.127. The summed E-state index contributed by atoms with van der Waals surface area (Å²) in [5.41, 5.74) is 1.94. The lowest BCUT2D eigenvalue weighted by Gasteiger charge is -2.32. The molecule has 2 aliphatic rings. The van der Waals surface area contributed by atoms with E-state index in [-0.39, 0.29) is 17.4 Å². The van der Waals surface area contributed by atoms with Crippen LogP contribution in [-0.2, 0) is 11.3 Å². The third-order valence-corrected chi connectivity index (χ3v) is 6.22. The van der Waals surface area contributed by atoms with Gasteiger partial charge in [-0.2, -0.15) is 0 Å². The molecular formula is C24H29FN4O2. The molecule has 1 aromatic heterocycles. The minimum absolute atomic E-state index is 0.113. The number of nitrogens with one attached hydrogen (secondary N) is 2. The smallest absolute Gasteiger partial charge is 0.257 e. The number of rotatable bonds is 6. The molecule has 0 spiro atoms. The summed E-state index contributed by atoms with van der Waals surface area (Å²) in [6.07, 6.45) is 8.85. The fraction of sp³-hybridized carbons (Fsp3) is 0.458. The minimum Gasteiger partial charge on any atom is -0.353 e. The summed E-state index contributed by atoms with van der Waals surface area (Å²) in [6, 6.07) is 9.22. The number of likely N-dealkylation sites (tertiary alicyclic amines) is 1. The Morgan fingerprint density at radius 3 is 2.58 bits per heavy atom. The van der Waals surface area contributed by atoms with E-state index >= 15 is 0 Å². The molecule has 6 nitrogen and oxygen atoms in total. The van der Waals surface area contributed by atoms with E-state index in [9.17, 15) is 14.0 Å². The predicted octanol–water partition coefficient (Wildman–Crippen LogP) is 3.74. The highest BCUT2D eigenvalue weighted by Crippen LogP contribution is 2.23. The Morgan fingerprint density at radius 2 is 1.84 bits per heavy atom. The first-order valence-electron chi connectivity index (χ1n) is 11.1. The van der Waals surface area contributed by atoms with E-state index in [0.29, 0.717) is 11.7 Å². The van der Waals surface area contributed by atoms with Crippen LogP contribution in [0.4, 0.5) is 10.1 Å². The molecule has 1 saturated heterocycles. The maximum atomic E-state index is 13.3. The van der Waals surface area contributed by atoms with Gasteiger partial charge < -0.3 is 10.6 Å². The van der Waals surface area contributed by atoms with E-state index in [1.807, 2.05) is 24.3 Å². The number of benzene rings is 1. The summed E-state index contributed by atoms with van der Waals surface area (Å²) in [6.45, 7) is 2.53. The SMILES string of the molecule is O=C(Nc1cccc(CN2CCC(C(=O)NC3CCCC3)CC2)c1)c1cncc(F)c1. The summed E-state index contributed by atoms with van der Waals surface area (Å²) in [5.74, 6) is -0.592. The van der Waals surface area contributed by atoms with Gasteiger partial charge in [-0.1, -0.05) is 25.0 Å². The fourth-order valence-corrected chi connectivity index (χ4v) is 4.49. The second kappa shape index (κ2) is 10.0. The van der Waals surface area contributed by atoms with Crippen LogP contribution < -0.4 is 10.6 Å². The first-order chi connectivity index (χ1) is 15.1. The van der Waals surface area contributed by atoms with E-state index in [2.05, 4.69) is 20.5 Å². The Morgan fingerprint density at radius 1 is 1.06 bits per heavy atom. The van der Waals surface area contributed by atoms with Crippen LogP contribution in [-0.4, -0.2) is 40.8 Å². The second-order valence-electron chi connectivity index (χ2n) is 8.59. The van der Waals surface area contributed by atoms with Crippen molar-refractivity contribution in [3.63, 3.8) is 0 Å². The van der Waals surface area contributed by atoms with Gasteiger partial charge in [-0.25, -0.2) is 4.39 Å². The summed E-state index contributed by atoms with van der Waals surface area (Å²) < 4.78 is 13.3. The molecule has 1 aliphatic carbocycles. The summed E-state index contributed by atoms with van der Waals surface area (Å²) in [7, 11) is 0. The van der Waals surface area contributed by atoms with Crippen LogP contribution >= 0.6 is 0 Å². The quantitative estimate of drug-likeness (QED) is 0.741. The molecule has 7 heteroatoms. The van der Waals surface area contributed by atoms with Crippen LogP contribution in [0.15, 0.2) is 42.7 Å². The molecule has 2 N–H and O–H groups in total. The molecule has 2 amide bonds. The number of carbonyl (C=O) groups is 2. The summed E-state index contributed by atoms with van der Waals surface area (Å²) >= 11 is 0. The van der Waals surface area contributed by atoms with Crippen molar-refractivity contribution in [2.75, 3.05) is 18.4 Å². The topological polar surface area (TPSA) is 74.3 Å². The molecule has 4 rings (SSSR count). The van der Waals surface area contributed by atoms with Gasteiger partial charge in [0.15, 0.2) is 0 Å². The third-order valence-electron chi connectivity index (χ3n) is 6.22. The zero-order valence-corrected chi connectivity index (χ0v) is 17.6. The van der Waals surface area contributed by atoms with Crippen LogP contribution in [0.2, 0.25) is 0 Å². The molecule has 0 radical (unpaired) electrons. The lowest BCUT2D eigenvalue weighted by atomic mass is 9.95. The van der Waals surface area contributed by atoms with Crippen LogP contribution in [0.3, 0.4) is 0 Å². The van der Waals surface area contributed by atoms with Crippen molar-refractivity contribution < 1.29 is 14.0 Å². The van der Waals surface area contributed by atoms with Gasteiger partial charge in [-0.15, -0.1) is 0 Å². The van der Waals surface area contributed by atoms with Gasteiger partial charge in [0.05, 0.1) is 11.8 Å². The number of nitrogens with zero attached hydrogens (tertiary/aromatic N) is 2. The van der Waals surface area contributed by atoms with E-state index in [0.717, 1.165) is 57.1 Å². The molecule has 0 unspecified atom stereocenters. The molecule has 164 valence electrons. The van der Waals surface area contributed by atoms with Crippen LogP contribution in [0.1, 0.15) is 54.4 Å². The molecule has 2 heterocycles. The van der Waals surface area contributed by atoms with Crippen LogP contribution in [0, 0.1) is 11.7 Å². The third kappa shape index (κ3) is 5.88. The maximum absolute atomic E-state index is 13.3. The Bertz CT molecular complexity index is 921. The predicted molar refractivity (Wildman–Crippen MR) is 117 cm³/mol. The van der Waals surface area contributed by atoms with Crippen molar-refractivity contribution in [2.45, 2.75) is 51.1 Å². The first kappa shape index (κ1) is 21.4. The molecule has 0 bridgehead atoms. The molecule has 2 aromatic rings. The number of hydrogen-bond donors (Lipinski definition) is 2. The number of aromatic nitrogens is 1. The fourth-order valence-electron chi connectivity index (χ4n) is 4.49. The molecule has 2 fully saturated rings. The highest BCUT2D eigenvalue weighted by Gasteiger charge is 2.27. The van der Waals surface area contributed by atoms with Crippen LogP contribution in [0.5, 0.6) is 0 Å². The molecule has 0 atom stereocenters. The normalized spacial score (nSPS) is 18.1. The summed E-state index contributed by atoms with van der Waals surface area (Å²) in [4.78, 5) is 30.9. The van der Waals surface area contributed by atoms with Gasteiger partial charge in [0, 0.05) is 30.4 Å². The zero-order valence-electron chi connectivity index (χ0n) is 17.6. The lowest BCUT2D eigenvalue weighted by Crippen LogP contribution is -2.42. The van der Waals surface area contributed by atoms with Gasteiger partial charge in [-0.3, -0.25) is 19.5 Å². The Hall–Kier alpha value is -2.80. The number of carbonyl (C=O) groups excluding carboxylic acids is 2. The molecule has 31 heavy (non-hydrogen) atoms. The van der Waals surface area contributed by atoms with E-state index in [1.54, 1.807) is 0 Å². The monoisotopic (exact) mass is 424 g/mol. The van der Waals surface area contributed by atoms with E-state index in [1.165, 1.54) is 25.1 Å². The Kier molecular flexibility index (Phi) is 6.92. The van der Waals surface area contributed by atoms with Crippen molar-refractivity contribution in [1.82, 2.24) is 15.2 Å². The second-order valence-corrected chi connectivity index (χ2v) is 8.59. The Balaban J connectivity index is 1.27. The van der Waals surface area contributed by atoms with Gasteiger partial charge in [0.1, 0.15) is 5.82 Å². The van der Waals surface area contributed by atoms with Crippen molar-refractivity contribution in [1.29, 1.82) is 0 Å². The Labute approximate surface area is 182 Å². The average Bonchev–Trinajstić information content (AvgIpc) is 3.27. The first-order valence-corrected chi connectivity index (χ1v) is 11.1. The van der Waals surface area contributed by atoms with E-state index in [4.69, 9.17) is 0 Å². The van der Waals surface area contributed by atoms with Gasteiger partial charge >= 0.3 is 0 Å². The maximum Gasteiger partial charge on any atom is 0.257 e. The standard InChI is InChI=1S/C24H29FN4O2/c25-20-13-19(14-26-15-20)24(31)28-22-7-3-4-17(12-22)16-29-10-8-18(9-11-29)23(30)27-21-5-1-2-6-21/h3-4,7,12-15,18,21H,1-2,5-6,8-11,16H2,(H,27,30)(H,28,31). The highest BCUT2D eigenvalue weighted by atomic mass is 19.1. The number of amides is 2. The number of halogens is 1. The molecular weight excluding hydrogens is 395 g/mol.